The van der Waals surface area contributed by atoms with Crippen LogP contribution >= 0.6 is 0 Å². The van der Waals surface area contributed by atoms with Gasteiger partial charge in [0.25, 0.3) is 0 Å². The van der Waals surface area contributed by atoms with Crippen molar-refractivity contribution >= 4 is 21.4 Å². The fourth-order valence-corrected chi connectivity index (χ4v) is 3.50. The molecule has 0 bridgehead atoms. The molecule has 0 amide bonds. The largest absolute Gasteiger partial charge is 0.399 e. The van der Waals surface area contributed by atoms with Crippen molar-refractivity contribution in [1.29, 1.82) is 0 Å². The molecule has 0 unspecified atom stereocenters. The van der Waals surface area contributed by atoms with Gasteiger partial charge in [-0.3, -0.25) is 4.72 Å². The van der Waals surface area contributed by atoms with Gasteiger partial charge < -0.3 is 5.73 Å². The predicted octanol–water partition coefficient (Wildman–Crippen LogP) is 3.08. The first kappa shape index (κ1) is 15.4. The lowest BCUT2D eigenvalue weighted by atomic mass is 10.1. The monoisotopic (exact) mass is 304 g/mol. The number of rotatable bonds is 5. The summed E-state index contributed by atoms with van der Waals surface area (Å²) in [6.45, 7) is 3.91. The van der Waals surface area contributed by atoms with Crippen molar-refractivity contribution < 1.29 is 8.42 Å². The Morgan fingerprint density at radius 2 is 1.76 bits per heavy atom. The van der Waals surface area contributed by atoms with E-state index in [9.17, 15) is 8.42 Å². The quantitative estimate of drug-likeness (QED) is 0.834. The van der Waals surface area contributed by atoms with Crippen LogP contribution in [0.2, 0.25) is 0 Å². The molecule has 0 aliphatic heterocycles. The van der Waals surface area contributed by atoms with Crippen LogP contribution in [0.3, 0.4) is 0 Å². The molecule has 0 heterocycles. The highest BCUT2D eigenvalue weighted by Crippen LogP contribution is 2.23. The molecule has 0 aliphatic carbocycles. The van der Waals surface area contributed by atoms with E-state index >= 15 is 0 Å². The smallest absolute Gasteiger partial charge is 0.236 e. The molecular weight excluding hydrogens is 284 g/mol. The highest BCUT2D eigenvalue weighted by molar-refractivity contribution is 7.91. The van der Waals surface area contributed by atoms with Crippen LogP contribution in [0.5, 0.6) is 0 Å². The molecule has 0 saturated heterocycles. The zero-order valence-electron chi connectivity index (χ0n) is 12.3. The molecule has 5 heteroatoms. The molecule has 2 aromatic carbocycles. The van der Waals surface area contributed by atoms with Crippen LogP contribution in [0.25, 0.3) is 0 Å². The molecule has 0 atom stereocenters. The van der Waals surface area contributed by atoms with Gasteiger partial charge in [-0.1, -0.05) is 37.3 Å². The highest BCUT2D eigenvalue weighted by atomic mass is 32.2. The molecule has 2 rings (SSSR count). The Labute approximate surface area is 126 Å². The van der Waals surface area contributed by atoms with Crippen LogP contribution in [0.1, 0.15) is 23.6 Å². The third-order valence-corrected chi connectivity index (χ3v) is 4.56. The van der Waals surface area contributed by atoms with Gasteiger partial charge >= 0.3 is 0 Å². The van der Waals surface area contributed by atoms with Crippen LogP contribution in [-0.2, 0) is 22.2 Å². The minimum atomic E-state index is -3.45. The second-order valence-corrected chi connectivity index (χ2v) is 6.79. The molecule has 112 valence electrons. The van der Waals surface area contributed by atoms with Crippen LogP contribution in [0, 0.1) is 6.92 Å². The SMILES string of the molecule is CCc1cccc(C)c1NS(=O)(=O)Cc1ccc(N)cc1. The lowest BCUT2D eigenvalue weighted by molar-refractivity contribution is 0.600. The summed E-state index contributed by atoms with van der Waals surface area (Å²) < 4.78 is 27.4. The summed E-state index contributed by atoms with van der Waals surface area (Å²) in [7, 11) is -3.45. The first-order valence-electron chi connectivity index (χ1n) is 6.84. The van der Waals surface area contributed by atoms with E-state index in [1.54, 1.807) is 24.3 Å². The highest BCUT2D eigenvalue weighted by Gasteiger charge is 2.15. The Bertz CT molecular complexity index is 722. The van der Waals surface area contributed by atoms with Crippen molar-refractivity contribution in [2.75, 3.05) is 10.5 Å². The number of anilines is 2. The lowest BCUT2D eigenvalue weighted by Gasteiger charge is -2.14. The van der Waals surface area contributed by atoms with Crippen molar-refractivity contribution in [2.24, 2.45) is 0 Å². The van der Waals surface area contributed by atoms with E-state index in [4.69, 9.17) is 5.73 Å². The summed E-state index contributed by atoms with van der Waals surface area (Å²) in [5.74, 6) is -0.0647. The van der Waals surface area contributed by atoms with E-state index in [2.05, 4.69) is 4.72 Å². The molecule has 4 nitrogen and oxygen atoms in total. The number of nitrogens with two attached hydrogens (primary N) is 1. The summed E-state index contributed by atoms with van der Waals surface area (Å²) >= 11 is 0. The fourth-order valence-electron chi connectivity index (χ4n) is 2.19. The van der Waals surface area contributed by atoms with E-state index in [1.165, 1.54) is 0 Å². The molecule has 0 fully saturated rings. The van der Waals surface area contributed by atoms with E-state index in [1.807, 2.05) is 32.0 Å². The number of hydrogen-bond donors (Lipinski definition) is 2. The van der Waals surface area contributed by atoms with Gasteiger partial charge in [0, 0.05) is 5.69 Å². The van der Waals surface area contributed by atoms with Crippen molar-refractivity contribution in [1.82, 2.24) is 0 Å². The molecular formula is C16H20N2O2S. The lowest BCUT2D eigenvalue weighted by Crippen LogP contribution is -2.17. The van der Waals surface area contributed by atoms with Crippen LogP contribution < -0.4 is 10.5 Å². The second-order valence-electron chi connectivity index (χ2n) is 5.07. The van der Waals surface area contributed by atoms with Crippen LogP contribution in [0.15, 0.2) is 42.5 Å². The number of aryl methyl sites for hydroxylation is 2. The molecule has 0 spiro atoms. The normalized spacial score (nSPS) is 11.3. The van der Waals surface area contributed by atoms with Crippen molar-refractivity contribution in [3.05, 3.63) is 59.2 Å². The standard InChI is InChI=1S/C16H20N2O2S/c1-3-14-6-4-5-12(2)16(14)18-21(19,20)11-13-7-9-15(17)10-8-13/h4-10,18H,3,11,17H2,1-2H3. The van der Waals surface area contributed by atoms with Gasteiger partial charge in [0.1, 0.15) is 0 Å². The maximum Gasteiger partial charge on any atom is 0.236 e. The van der Waals surface area contributed by atoms with Gasteiger partial charge in [-0.05, 0) is 42.2 Å². The van der Waals surface area contributed by atoms with Gasteiger partial charge in [-0.15, -0.1) is 0 Å². The van der Waals surface area contributed by atoms with E-state index < -0.39 is 10.0 Å². The topological polar surface area (TPSA) is 72.2 Å². The summed E-state index contributed by atoms with van der Waals surface area (Å²) in [6.07, 6.45) is 0.779. The minimum absolute atomic E-state index is 0.0647. The molecule has 0 aromatic heterocycles. The van der Waals surface area contributed by atoms with Gasteiger partial charge in [-0.2, -0.15) is 0 Å². The molecule has 21 heavy (non-hydrogen) atoms. The molecule has 0 radical (unpaired) electrons. The van der Waals surface area contributed by atoms with Gasteiger partial charge in [-0.25, -0.2) is 8.42 Å². The first-order chi connectivity index (χ1) is 9.91. The number of sulfonamides is 1. The summed E-state index contributed by atoms with van der Waals surface area (Å²) in [5.41, 5.74) is 9.55. The molecule has 2 aromatic rings. The Hall–Kier alpha value is -2.01. The fraction of sp³-hybridized carbons (Fsp3) is 0.250. The summed E-state index contributed by atoms with van der Waals surface area (Å²) in [5, 5.41) is 0. The molecule has 0 saturated carbocycles. The average Bonchev–Trinajstić information content (AvgIpc) is 2.43. The van der Waals surface area contributed by atoms with Crippen molar-refractivity contribution in [3.8, 4) is 0 Å². The second kappa shape index (κ2) is 6.18. The average molecular weight is 304 g/mol. The maximum absolute atomic E-state index is 12.3. The zero-order chi connectivity index (χ0) is 15.5. The van der Waals surface area contributed by atoms with E-state index in [0.29, 0.717) is 16.9 Å². The minimum Gasteiger partial charge on any atom is -0.399 e. The number of para-hydroxylation sites is 1. The number of hydrogen-bond acceptors (Lipinski definition) is 3. The molecule has 3 N–H and O–H groups in total. The van der Waals surface area contributed by atoms with Gasteiger partial charge in [0.2, 0.25) is 10.0 Å². The van der Waals surface area contributed by atoms with Crippen molar-refractivity contribution in [3.63, 3.8) is 0 Å². The Morgan fingerprint density at radius 3 is 2.38 bits per heavy atom. The first-order valence-corrected chi connectivity index (χ1v) is 8.50. The Balaban J connectivity index is 2.24. The predicted molar refractivity (Wildman–Crippen MR) is 87.7 cm³/mol. The number of nitrogen functional groups attached to an aromatic ring is 1. The molecule has 0 aliphatic rings. The third kappa shape index (κ3) is 3.98. The Morgan fingerprint density at radius 1 is 1.10 bits per heavy atom. The van der Waals surface area contributed by atoms with Gasteiger partial charge in [0.15, 0.2) is 0 Å². The van der Waals surface area contributed by atoms with Crippen LogP contribution in [0.4, 0.5) is 11.4 Å². The zero-order valence-corrected chi connectivity index (χ0v) is 13.1. The summed E-state index contributed by atoms with van der Waals surface area (Å²) in [6, 6.07) is 12.6. The van der Waals surface area contributed by atoms with Gasteiger partial charge in [0.05, 0.1) is 11.4 Å². The van der Waals surface area contributed by atoms with Crippen molar-refractivity contribution in [2.45, 2.75) is 26.0 Å². The Kier molecular flexibility index (Phi) is 4.53. The van der Waals surface area contributed by atoms with Crippen LogP contribution in [-0.4, -0.2) is 8.42 Å². The third-order valence-electron chi connectivity index (χ3n) is 3.33. The number of nitrogens with one attached hydrogen (secondary N) is 1. The number of benzene rings is 2. The van der Waals surface area contributed by atoms with E-state index in [-0.39, 0.29) is 5.75 Å². The maximum atomic E-state index is 12.3. The summed E-state index contributed by atoms with van der Waals surface area (Å²) in [4.78, 5) is 0. The van der Waals surface area contributed by atoms with E-state index in [0.717, 1.165) is 17.5 Å².